The summed E-state index contributed by atoms with van der Waals surface area (Å²) < 4.78 is 15.0. The zero-order valence-electron chi connectivity index (χ0n) is 16.5. The number of aliphatic carboxylic acids is 1. The molecule has 1 saturated carbocycles. The van der Waals surface area contributed by atoms with Crippen molar-refractivity contribution in [3.05, 3.63) is 35.9 Å². The van der Waals surface area contributed by atoms with Gasteiger partial charge in [0.15, 0.2) is 17.0 Å². The van der Waals surface area contributed by atoms with E-state index in [4.69, 9.17) is 5.73 Å². The van der Waals surface area contributed by atoms with E-state index in [9.17, 15) is 19.4 Å². The number of carboxylic acids is 1. The third kappa shape index (κ3) is 4.76. The monoisotopic (exact) mass is 445 g/mol. The molecule has 0 radical (unpaired) electrons. The van der Waals surface area contributed by atoms with Crippen LogP contribution in [0.25, 0.3) is 22.6 Å². The number of hydrogen-bond acceptors (Lipinski definition) is 6. The Labute approximate surface area is 183 Å². The van der Waals surface area contributed by atoms with Crippen LogP contribution in [0.2, 0.25) is 0 Å². The Morgan fingerprint density at radius 1 is 1.23 bits per heavy atom. The quantitative estimate of drug-likeness (QED) is 0.529. The average Bonchev–Trinajstić information content (AvgIpc) is 3.06. The molecule has 0 atom stereocenters. The van der Waals surface area contributed by atoms with Crippen molar-refractivity contribution < 1.29 is 19.4 Å². The molecule has 2 aromatic heterocycles. The molecule has 0 bridgehead atoms. The number of halogens is 2. The summed E-state index contributed by atoms with van der Waals surface area (Å²) in [5.74, 6) is 4.33. The normalized spacial score (nSPS) is 15.0. The van der Waals surface area contributed by atoms with Gasteiger partial charge < -0.3 is 15.9 Å². The molecule has 31 heavy (non-hydrogen) atoms. The molecule has 0 saturated heterocycles. The predicted molar refractivity (Wildman–Crippen MR) is 115 cm³/mol. The van der Waals surface area contributed by atoms with Gasteiger partial charge in [-0.2, -0.15) is 0 Å². The van der Waals surface area contributed by atoms with Crippen molar-refractivity contribution in [2.24, 2.45) is 0 Å². The third-order valence-corrected chi connectivity index (χ3v) is 5.09. The van der Waals surface area contributed by atoms with E-state index >= 15 is 0 Å². The maximum absolute atomic E-state index is 13.7. The number of aromatic nitrogens is 4. The molecule has 2 heterocycles. The van der Waals surface area contributed by atoms with Crippen LogP contribution in [0.15, 0.2) is 24.3 Å². The number of fused-ring (bicyclic) bond motifs is 1. The number of imidazole rings is 1. The summed E-state index contributed by atoms with van der Waals surface area (Å²) in [6, 6.07) is 5.66. The molecule has 162 valence electrons. The van der Waals surface area contributed by atoms with Gasteiger partial charge in [0, 0.05) is 5.56 Å². The minimum Gasteiger partial charge on any atom is -0.480 e. The summed E-state index contributed by atoms with van der Waals surface area (Å²) in [7, 11) is 0. The number of carboxylic acid groups (broad SMARTS) is 1. The highest BCUT2D eigenvalue weighted by Crippen LogP contribution is 2.28. The maximum atomic E-state index is 13.7. The lowest BCUT2D eigenvalue weighted by Crippen LogP contribution is -2.29. The zero-order chi connectivity index (χ0) is 21.3. The minimum absolute atomic E-state index is 0. The second-order valence-corrected chi connectivity index (χ2v) is 7.37. The first-order chi connectivity index (χ1) is 14.3. The van der Waals surface area contributed by atoms with E-state index in [1.807, 2.05) is 0 Å². The van der Waals surface area contributed by atoms with Gasteiger partial charge in [-0.05, 0) is 43.7 Å². The molecule has 0 unspecified atom stereocenters. The summed E-state index contributed by atoms with van der Waals surface area (Å²) in [5, 5.41) is 19.9. The van der Waals surface area contributed by atoms with Crippen LogP contribution in [-0.2, 0) is 11.3 Å². The van der Waals surface area contributed by atoms with Crippen molar-refractivity contribution >= 4 is 35.4 Å². The van der Waals surface area contributed by atoms with Gasteiger partial charge in [-0.1, -0.05) is 24.5 Å². The second-order valence-electron chi connectivity index (χ2n) is 7.37. The Bertz CT molecular complexity index is 1190. The summed E-state index contributed by atoms with van der Waals surface area (Å²) in [6.45, 7) is -0.449. The highest BCUT2D eigenvalue weighted by molar-refractivity contribution is 5.87. The summed E-state index contributed by atoms with van der Waals surface area (Å²) in [6.07, 6.45) is 4.03. The van der Waals surface area contributed by atoms with Gasteiger partial charge in [0.25, 0.3) is 0 Å². The molecule has 1 aromatic carbocycles. The van der Waals surface area contributed by atoms with E-state index in [2.05, 4.69) is 26.8 Å². The van der Waals surface area contributed by atoms with Gasteiger partial charge in [-0.25, -0.2) is 19.3 Å². The molecule has 3 aromatic rings. The van der Waals surface area contributed by atoms with E-state index in [0.29, 0.717) is 18.4 Å². The molecule has 0 amide bonds. The lowest BCUT2D eigenvalue weighted by atomic mass is 9.85. The number of rotatable bonds is 3. The Morgan fingerprint density at radius 3 is 2.65 bits per heavy atom. The van der Waals surface area contributed by atoms with Gasteiger partial charge in [0.2, 0.25) is 5.82 Å². The fourth-order valence-corrected chi connectivity index (χ4v) is 3.64. The number of hydrogen-bond donors (Lipinski definition) is 3. The zero-order valence-corrected chi connectivity index (χ0v) is 17.3. The standard InChI is InChI=1S/C21H20FN5O3.ClH/c22-14-6-4-5-13(11-14)19-26-17-18(23)24-15(25-20(17)27(19)12-16(28)29)7-10-21(30)8-2-1-3-9-21;/h4-6,11,30H,1-3,8-9,12H2,(H,28,29)(H2,23,24,25);1H. The second kappa shape index (κ2) is 8.88. The van der Waals surface area contributed by atoms with Gasteiger partial charge >= 0.3 is 5.97 Å². The number of nitrogen functional groups attached to an aromatic ring is 1. The smallest absolute Gasteiger partial charge is 0.323 e. The Morgan fingerprint density at radius 2 is 1.97 bits per heavy atom. The average molecular weight is 446 g/mol. The molecular weight excluding hydrogens is 425 g/mol. The molecule has 1 aliphatic rings. The molecule has 0 spiro atoms. The van der Waals surface area contributed by atoms with Gasteiger partial charge in [0.1, 0.15) is 23.8 Å². The van der Waals surface area contributed by atoms with Gasteiger partial charge in [-0.15, -0.1) is 12.4 Å². The van der Waals surface area contributed by atoms with Crippen LogP contribution in [0.3, 0.4) is 0 Å². The van der Waals surface area contributed by atoms with Crippen molar-refractivity contribution in [2.45, 2.75) is 44.2 Å². The first-order valence-electron chi connectivity index (χ1n) is 9.62. The van der Waals surface area contributed by atoms with Crippen molar-refractivity contribution in [1.29, 1.82) is 0 Å². The molecule has 0 aliphatic heterocycles. The number of nitrogens with zero attached hydrogens (tertiary/aromatic N) is 4. The minimum atomic E-state index is -1.12. The fraction of sp³-hybridized carbons (Fsp3) is 0.333. The van der Waals surface area contributed by atoms with Crippen molar-refractivity contribution in [1.82, 2.24) is 19.5 Å². The predicted octanol–water partition coefficient (Wildman–Crippen LogP) is 2.77. The highest BCUT2D eigenvalue weighted by Gasteiger charge is 2.27. The fourth-order valence-electron chi connectivity index (χ4n) is 3.64. The molecular formula is C21H21ClFN5O3. The van der Waals surface area contributed by atoms with E-state index in [1.165, 1.54) is 22.8 Å². The Hall–Kier alpha value is -3.22. The maximum Gasteiger partial charge on any atom is 0.323 e. The van der Waals surface area contributed by atoms with E-state index in [-0.39, 0.29) is 41.0 Å². The van der Waals surface area contributed by atoms with Crippen LogP contribution in [0.5, 0.6) is 0 Å². The number of nitrogens with two attached hydrogens (primary N) is 1. The summed E-state index contributed by atoms with van der Waals surface area (Å²) in [5.41, 5.74) is 5.73. The van der Waals surface area contributed by atoms with Crippen LogP contribution in [0, 0.1) is 17.7 Å². The van der Waals surface area contributed by atoms with Gasteiger partial charge in [-0.3, -0.25) is 9.36 Å². The van der Waals surface area contributed by atoms with E-state index in [0.717, 1.165) is 19.3 Å². The van der Waals surface area contributed by atoms with E-state index in [1.54, 1.807) is 6.07 Å². The third-order valence-electron chi connectivity index (χ3n) is 5.09. The number of aliphatic hydroxyl groups is 1. The van der Waals surface area contributed by atoms with E-state index < -0.39 is 23.9 Å². The molecule has 1 fully saturated rings. The highest BCUT2D eigenvalue weighted by atomic mass is 35.5. The number of benzene rings is 1. The molecule has 4 rings (SSSR count). The van der Waals surface area contributed by atoms with Crippen LogP contribution in [0.1, 0.15) is 37.9 Å². The first-order valence-corrected chi connectivity index (χ1v) is 9.62. The van der Waals surface area contributed by atoms with Crippen molar-refractivity contribution in [3.8, 4) is 23.2 Å². The molecule has 10 heteroatoms. The summed E-state index contributed by atoms with van der Waals surface area (Å²) in [4.78, 5) is 24.3. The first kappa shape index (κ1) is 22.5. The van der Waals surface area contributed by atoms with Crippen LogP contribution in [0.4, 0.5) is 10.2 Å². The van der Waals surface area contributed by atoms with Gasteiger partial charge in [0.05, 0.1) is 0 Å². The number of anilines is 1. The topological polar surface area (TPSA) is 127 Å². The summed E-state index contributed by atoms with van der Waals surface area (Å²) >= 11 is 0. The SMILES string of the molecule is Cl.Nc1nc(C#CC2(O)CCCCC2)nc2c1nc(-c1cccc(F)c1)n2CC(=O)O. The Kier molecular flexibility index (Phi) is 6.43. The van der Waals surface area contributed by atoms with Crippen molar-refractivity contribution in [2.75, 3.05) is 5.73 Å². The van der Waals surface area contributed by atoms with Crippen LogP contribution < -0.4 is 5.73 Å². The van der Waals surface area contributed by atoms with Crippen molar-refractivity contribution in [3.63, 3.8) is 0 Å². The largest absolute Gasteiger partial charge is 0.480 e. The molecule has 1 aliphatic carbocycles. The Balaban J connectivity index is 0.00000272. The van der Waals surface area contributed by atoms with Crippen LogP contribution >= 0.6 is 12.4 Å². The lowest BCUT2D eigenvalue weighted by molar-refractivity contribution is -0.137. The molecule has 8 nitrogen and oxygen atoms in total. The number of carbonyl (C=O) groups is 1. The van der Waals surface area contributed by atoms with Crippen LogP contribution in [-0.4, -0.2) is 41.3 Å². The lowest BCUT2D eigenvalue weighted by Gasteiger charge is -2.26. The molecule has 4 N–H and O–H groups in total.